The fourth-order valence-electron chi connectivity index (χ4n) is 15.4. The van der Waals surface area contributed by atoms with E-state index in [0.29, 0.717) is 0 Å². The lowest BCUT2D eigenvalue weighted by atomic mass is 9.43. The second-order valence-corrected chi connectivity index (χ2v) is 20.9. The van der Waals surface area contributed by atoms with Crippen molar-refractivity contribution in [1.82, 2.24) is 0 Å². The average Bonchev–Trinajstić information content (AvgIpc) is 3.99. The third-order valence-electron chi connectivity index (χ3n) is 17.9. The highest BCUT2D eigenvalue weighted by atomic mass is 15.1. The minimum Gasteiger partial charge on any atom is -0.310 e. The van der Waals surface area contributed by atoms with Gasteiger partial charge in [0.25, 0.3) is 0 Å². The van der Waals surface area contributed by atoms with E-state index < -0.39 is 0 Å². The Morgan fingerprint density at radius 3 is 1.59 bits per heavy atom. The quantitative estimate of drug-likeness (QED) is 0.167. The first kappa shape index (κ1) is 37.3. The number of benzene rings is 9. The van der Waals surface area contributed by atoms with Crippen molar-refractivity contribution in [3.63, 3.8) is 0 Å². The second kappa shape index (κ2) is 13.8. The zero-order chi connectivity index (χ0) is 43.1. The number of rotatable bonds is 5. The molecule has 0 heterocycles. The topological polar surface area (TPSA) is 3.24 Å². The molecule has 0 aromatic heterocycles. The van der Waals surface area contributed by atoms with E-state index in [1.54, 1.807) is 11.1 Å². The molecule has 0 radical (unpaired) electrons. The molecule has 4 fully saturated rings. The molecule has 1 nitrogen and oxygen atoms in total. The Morgan fingerprint density at radius 1 is 0.348 bits per heavy atom. The number of anilines is 3. The highest BCUT2D eigenvalue weighted by molar-refractivity contribution is 5.97. The van der Waals surface area contributed by atoms with Crippen LogP contribution in [0.3, 0.4) is 0 Å². The maximum absolute atomic E-state index is 2.64. The lowest BCUT2D eigenvalue weighted by Gasteiger charge is -2.61. The summed E-state index contributed by atoms with van der Waals surface area (Å²) in [5.74, 6) is 3.26. The van der Waals surface area contributed by atoms with Gasteiger partial charge in [-0.05, 0) is 200 Å². The number of hydrogen-bond acceptors (Lipinski definition) is 1. The minimum atomic E-state index is -0.0254. The first-order chi connectivity index (χ1) is 32.6. The molecule has 0 aliphatic heterocycles. The molecule has 0 amide bonds. The SMILES string of the molecule is c1ccc2c(c1)CC1(C2)c2ccccc2-c2ccc(-c3ccc(N(c4ccc(-c5cccc6ccccc56)cc4)c4ccc5c(c4)C4(c6ccccc6-5)C5CC6CC(C5)CC4C6)cc3)cc21. The van der Waals surface area contributed by atoms with Crippen molar-refractivity contribution >= 4 is 27.8 Å². The van der Waals surface area contributed by atoms with E-state index in [9.17, 15) is 0 Å². The first-order valence-corrected chi connectivity index (χ1v) is 24.7. The van der Waals surface area contributed by atoms with Crippen LogP contribution in [0.5, 0.6) is 0 Å². The molecule has 7 aliphatic rings. The molecule has 2 spiro atoms. The molecule has 66 heavy (non-hydrogen) atoms. The van der Waals surface area contributed by atoms with E-state index in [1.807, 2.05) is 0 Å². The summed E-state index contributed by atoms with van der Waals surface area (Å²) in [7, 11) is 0. The Labute approximate surface area is 388 Å². The van der Waals surface area contributed by atoms with Gasteiger partial charge in [-0.3, -0.25) is 0 Å². The van der Waals surface area contributed by atoms with E-state index in [1.165, 1.54) is 127 Å². The minimum absolute atomic E-state index is 0.0254. The number of hydrogen-bond donors (Lipinski definition) is 0. The lowest BCUT2D eigenvalue weighted by Crippen LogP contribution is -2.55. The summed E-state index contributed by atoms with van der Waals surface area (Å²) in [6.45, 7) is 0. The molecular weight excluding hydrogens is 795 g/mol. The van der Waals surface area contributed by atoms with Crippen molar-refractivity contribution in [3.8, 4) is 44.5 Å². The van der Waals surface area contributed by atoms with Crippen LogP contribution in [0.1, 0.15) is 65.5 Å². The normalized spacial score (nSPS) is 22.9. The third-order valence-corrected chi connectivity index (χ3v) is 17.9. The molecule has 0 N–H and O–H groups in total. The summed E-state index contributed by atoms with van der Waals surface area (Å²) in [6, 6.07) is 76.9. The summed E-state index contributed by atoms with van der Waals surface area (Å²) in [6.07, 6.45) is 9.11. The summed E-state index contributed by atoms with van der Waals surface area (Å²) in [5.41, 5.74) is 23.6. The Balaban J connectivity index is 0.856. The van der Waals surface area contributed by atoms with Gasteiger partial charge in [-0.2, -0.15) is 0 Å². The van der Waals surface area contributed by atoms with Gasteiger partial charge in [-0.1, -0.05) is 158 Å². The highest BCUT2D eigenvalue weighted by Gasteiger charge is 2.61. The largest absolute Gasteiger partial charge is 0.310 e. The monoisotopic (exact) mass is 845 g/mol. The summed E-state index contributed by atoms with van der Waals surface area (Å²) < 4.78 is 0. The summed E-state index contributed by atoms with van der Waals surface area (Å²) >= 11 is 0. The smallest absolute Gasteiger partial charge is 0.0465 e. The van der Waals surface area contributed by atoms with Gasteiger partial charge in [0.05, 0.1) is 0 Å². The van der Waals surface area contributed by atoms with Crippen LogP contribution in [0.4, 0.5) is 17.1 Å². The molecule has 1 heteroatoms. The molecule has 0 unspecified atom stereocenters. The van der Waals surface area contributed by atoms with Crippen LogP contribution in [0.2, 0.25) is 0 Å². The molecule has 9 aromatic rings. The van der Waals surface area contributed by atoms with Gasteiger partial charge in [-0.25, -0.2) is 0 Å². The average molecular weight is 846 g/mol. The fourth-order valence-corrected chi connectivity index (χ4v) is 15.4. The van der Waals surface area contributed by atoms with E-state index in [-0.39, 0.29) is 10.8 Å². The first-order valence-electron chi connectivity index (χ1n) is 24.7. The van der Waals surface area contributed by atoms with Crippen LogP contribution in [-0.4, -0.2) is 0 Å². The van der Waals surface area contributed by atoms with Crippen molar-refractivity contribution in [1.29, 1.82) is 0 Å². The third kappa shape index (κ3) is 5.12. The van der Waals surface area contributed by atoms with Gasteiger partial charge in [0, 0.05) is 27.9 Å². The standard InChI is InChI=1S/C65H51N/c1-2-12-48-40-64(39-47(48)11-1)60-18-7-5-15-56(60)58-30-24-46(37-62(58)64)43-20-25-51(26-21-43)66(52-27-22-45(23-28-52)55-17-9-13-44-10-3-4-14-54(44)55)53-29-31-59-57-16-6-8-19-61(57)65(63(59)38-53)49-33-41-32-42(35-49)36-50(65)34-41/h1-31,37-38,41-42,49-50H,32-36,39-40H2. The molecule has 0 saturated heterocycles. The summed E-state index contributed by atoms with van der Waals surface area (Å²) in [5, 5.41) is 2.56. The van der Waals surface area contributed by atoms with Crippen LogP contribution in [0.25, 0.3) is 55.3 Å². The predicted molar refractivity (Wildman–Crippen MR) is 273 cm³/mol. The van der Waals surface area contributed by atoms with Gasteiger partial charge in [0.2, 0.25) is 0 Å². The zero-order valence-corrected chi connectivity index (χ0v) is 37.3. The predicted octanol–water partition coefficient (Wildman–Crippen LogP) is 16.4. The Hall–Kier alpha value is -6.96. The van der Waals surface area contributed by atoms with Crippen molar-refractivity contribution in [3.05, 3.63) is 234 Å². The van der Waals surface area contributed by atoms with Gasteiger partial charge in [-0.15, -0.1) is 0 Å². The van der Waals surface area contributed by atoms with Gasteiger partial charge < -0.3 is 4.90 Å². The maximum Gasteiger partial charge on any atom is 0.0465 e. The van der Waals surface area contributed by atoms with E-state index in [0.717, 1.165) is 36.5 Å². The van der Waals surface area contributed by atoms with Crippen molar-refractivity contribution in [2.75, 3.05) is 4.90 Å². The lowest BCUT2D eigenvalue weighted by molar-refractivity contribution is -0.0399. The molecule has 0 atom stereocenters. The molecule has 4 bridgehead atoms. The van der Waals surface area contributed by atoms with E-state index >= 15 is 0 Å². The maximum atomic E-state index is 2.64. The number of fused-ring (bicyclic) bond motifs is 10. The van der Waals surface area contributed by atoms with Gasteiger partial charge in [0.15, 0.2) is 0 Å². The molecule has 9 aromatic carbocycles. The molecule has 4 saturated carbocycles. The van der Waals surface area contributed by atoms with Crippen LogP contribution in [0.15, 0.2) is 200 Å². The molecule has 16 rings (SSSR count). The van der Waals surface area contributed by atoms with Crippen LogP contribution < -0.4 is 4.90 Å². The number of nitrogens with zero attached hydrogens (tertiary/aromatic N) is 1. The zero-order valence-electron chi connectivity index (χ0n) is 37.3. The van der Waals surface area contributed by atoms with Crippen LogP contribution >= 0.6 is 0 Å². The van der Waals surface area contributed by atoms with E-state index in [2.05, 4.69) is 205 Å². The Bertz CT molecular complexity index is 3380. The second-order valence-electron chi connectivity index (χ2n) is 20.9. The van der Waals surface area contributed by atoms with Crippen molar-refractivity contribution < 1.29 is 0 Å². The van der Waals surface area contributed by atoms with Crippen molar-refractivity contribution in [2.45, 2.75) is 55.8 Å². The Morgan fingerprint density at radius 2 is 0.864 bits per heavy atom. The molecule has 316 valence electrons. The fraction of sp³-hybridized carbons (Fsp3) is 0.200. The van der Waals surface area contributed by atoms with Gasteiger partial charge in [0.1, 0.15) is 0 Å². The van der Waals surface area contributed by atoms with Gasteiger partial charge >= 0.3 is 0 Å². The van der Waals surface area contributed by atoms with Crippen LogP contribution in [-0.2, 0) is 23.7 Å². The molecular formula is C65H51N. The van der Waals surface area contributed by atoms with Crippen molar-refractivity contribution in [2.24, 2.45) is 23.7 Å². The van der Waals surface area contributed by atoms with Crippen LogP contribution in [0, 0.1) is 23.7 Å². The Kier molecular flexibility index (Phi) is 7.79. The van der Waals surface area contributed by atoms with E-state index in [4.69, 9.17) is 0 Å². The molecule has 7 aliphatic carbocycles. The highest BCUT2D eigenvalue weighted by Crippen LogP contribution is 2.69. The summed E-state index contributed by atoms with van der Waals surface area (Å²) in [4.78, 5) is 2.54.